The van der Waals surface area contributed by atoms with E-state index in [1.54, 1.807) is 0 Å². The monoisotopic (exact) mass is 1030 g/mol. The fourth-order valence-electron chi connectivity index (χ4n) is 5.73. The van der Waals surface area contributed by atoms with Gasteiger partial charge in [-0.1, -0.05) is 27.7 Å². The van der Waals surface area contributed by atoms with Gasteiger partial charge in [0.15, 0.2) is 5.76 Å². The second-order valence-corrected chi connectivity index (χ2v) is 15.4. The van der Waals surface area contributed by atoms with Crippen molar-refractivity contribution in [2.75, 3.05) is 64.2 Å². The van der Waals surface area contributed by atoms with Gasteiger partial charge in [-0.05, 0) is 77.6 Å². The van der Waals surface area contributed by atoms with Gasteiger partial charge in [0.1, 0.15) is 10.1 Å². The first kappa shape index (κ1) is 44.3. The molecule has 2 aromatic rings. The number of anilines is 1. The minimum Gasteiger partial charge on any atom is -0.871 e. The molecule has 0 aromatic heterocycles. The van der Waals surface area contributed by atoms with Crippen molar-refractivity contribution in [3.8, 4) is 28.2 Å². The summed E-state index contributed by atoms with van der Waals surface area (Å²) in [4.78, 5) is 87.9. The lowest BCUT2D eigenvalue weighted by Gasteiger charge is -2.27. The highest BCUT2D eigenvalue weighted by atomic mass is 79.9. The van der Waals surface area contributed by atoms with Gasteiger partial charge in [0.2, 0.25) is 11.3 Å². The van der Waals surface area contributed by atoms with E-state index in [2.05, 4.69) is 69.0 Å². The Morgan fingerprint density at radius 3 is 1.71 bits per heavy atom. The first-order valence-electron chi connectivity index (χ1n) is 15.9. The zero-order valence-corrected chi connectivity index (χ0v) is 34.9. The molecule has 22 heteroatoms. The lowest BCUT2D eigenvalue weighted by atomic mass is 9.90. The van der Waals surface area contributed by atoms with Crippen LogP contribution in [0.15, 0.2) is 57.4 Å². The summed E-state index contributed by atoms with van der Waals surface area (Å²) in [7, 11) is 0. The van der Waals surface area contributed by atoms with E-state index in [0.29, 0.717) is 10.9 Å². The number of hydrogen-bond acceptors (Lipinski definition) is 12. The molecule has 1 amide bonds. The van der Waals surface area contributed by atoms with Crippen LogP contribution in [0.2, 0.25) is 0 Å². The van der Waals surface area contributed by atoms with Gasteiger partial charge >= 0.3 is 29.8 Å². The van der Waals surface area contributed by atoms with Crippen LogP contribution in [0.1, 0.15) is 10.4 Å². The highest BCUT2D eigenvalue weighted by Crippen LogP contribution is 2.49. The summed E-state index contributed by atoms with van der Waals surface area (Å²) < 4.78 is 6.28. The third-order valence-corrected chi connectivity index (χ3v) is 10.7. The lowest BCUT2D eigenvalue weighted by Crippen LogP contribution is -2.46. The Morgan fingerprint density at radius 1 is 0.661 bits per heavy atom. The van der Waals surface area contributed by atoms with E-state index in [4.69, 9.17) is 14.6 Å². The summed E-state index contributed by atoms with van der Waals surface area (Å²) in [6.07, 6.45) is 0. The average Bonchev–Trinajstić information content (AvgIpc) is 3.09. The number of carboxylic acid groups (broad SMARTS) is 5. The first-order valence-corrected chi connectivity index (χ1v) is 19.1. The second-order valence-electron chi connectivity index (χ2n) is 12.1. The quantitative estimate of drug-likeness (QED) is 0.0733. The molecule has 0 saturated carbocycles. The Labute approximate surface area is 349 Å². The molecular formula is C34H29Br4N4O14-. The SMILES string of the molecule is O=C(O)CN(CCN(CC(=O)O)CC(=O)O)CCN(CC(=O)O)CC(=O)Nc1ccc(-c2c3cc(Br)c(=O)c(Br)c-3oc3c(Br)c([O-])c(Br)cc23)c(C(=O)O)c1. The Bertz CT molecular complexity index is 2250. The molecule has 2 aromatic carbocycles. The zero-order valence-electron chi connectivity index (χ0n) is 28.5. The number of carbonyl (C=O) groups is 6. The molecule has 1 aliphatic heterocycles. The maximum absolute atomic E-state index is 13.2. The van der Waals surface area contributed by atoms with E-state index < -0.39 is 79.7 Å². The molecule has 18 nitrogen and oxygen atoms in total. The molecule has 0 atom stereocenters. The van der Waals surface area contributed by atoms with Crippen LogP contribution in [0.3, 0.4) is 0 Å². The predicted molar refractivity (Wildman–Crippen MR) is 210 cm³/mol. The van der Waals surface area contributed by atoms with Crippen molar-refractivity contribution in [1.29, 1.82) is 0 Å². The predicted octanol–water partition coefficient (Wildman–Crippen LogP) is 3.57. The molecular weight excluding hydrogens is 1010 g/mol. The van der Waals surface area contributed by atoms with E-state index in [1.165, 1.54) is 40.1 Å². The molecule has 1 heterocycles. The van der Waals surface area contributed by atoms with Gasteiger partial charge in [0.05, 0.1) is 47.2 Å². The van der Waals surface area contributed by atoms with Crippen LogP contribution < -0.4 is 15.9 Å². The Hall–Kier alpha value is -4.45. The standard InChI is InChI=1S/C34H30Br4N4O14/c35-20-8-18-27(19-9-21(36)31(53)29(38)33(19)56-32(18)28(37)30(20)52)16-2-1-15(7-17(16)34(54)55)39-22(43)10-41(12-24(46)47)5-3-40(11-23(44)45)4-6-42(13-25(48)49)14-26(50)51/h1-2,7-9,52H,3-6,10-14H2,(H,39,43)(H,44,45)(H,46,47)(H,48,49)(H,50,51)(H,54,55)/p-1. The minimum absolute atomic E-state index is 0.00314. The molecule has 0 fully saturated rings. The smallest absolute Gasteiger partial charge is 0.336 e. The fraction of sp³-hybridized carbons (Fsp3) is 0.265. The molecule has 0 spiro atoms. The van der Waals surface area contributed by atoms with E-state index in [0.717, 1.165) is 4.90 Å². The minimum atomic E-state index is -1.41. The molecule has 6 N–H and O–H groups in total. The molecule has 298 valence electrons. The highest BCUT2D eigenvalue weighted by molar-refractivity contribution is 9.11. The molecule has 2 aliphatic rings. The number of halogens is 4. The molecule has 0 radical (unpaired) electrons. The third-order valence-electron chi connectivity index (χ3n) is 8.08. The number of benzene rings is 3. The maximum Gasteiger partial charge on any atom is 0.336 e. The number of carboxylic acids is 5. The van der Waals surface area contributed by atoms with Crippen molar-refractivity contribution in [2.45, 2.75) is 0 Å². The van der Waals surface area contributed by atoms with E-state index in [9.17, 15) is 54.0 Å². The van der Waals surface area contributed by atoms with E-state index in [1.807, 2.05) is 0 Å². The average molecular weight is 1040 g/mol. The van der Waals surface area contributed by atoms with Crippen LogP contribution in [0.4, 0.5) is 5.69 Å². The van der Waals surface area contributed by atoms with Gasteiger partial charge in [0, 0.05) is 52.9 Å². The number of nitrogens with zero attached hydrogens (tertiary/aromatic N) is 3. The Morgan fingerprint density at radius 2 is 1.18 bits per heavy atom. The summed E-state index contributed by atoms with van der Waals surface area (Å²) in [5.74, 6) is -7.77. The summed E-state index contributed by atoms with van der Waals surface area (Å²) in [6.45, 7) is -3.47. The van der Waals surface area contributed by atoms with Gasteiger partial charge in [-0.3, -0.25) is 43.5 Å². The Balaban J connectivity index is 1.63. The van der Waals surface area contributed by atoms with Crippen LogP contribution in [-0.2, 0) is 24.0 Å². The zero-order chi connectivity index (χ0) is 41.6. The summed E-state index contributed by atoms with van der Waals surface area (Å²) >= 11 is 13.0. The number of rotatable bonds is 19. The van der Waals surface area contributed by atoms with Crippen LogP contribution in [0, 0.1) is 0 Å². The summed E-state index contributed by atoms with van der Waals surface area (Å²) in [5.41, 5.74) is -0.0540. The lowest BCUT2D eigenvalue weighted by molar-refractivity contribution is -0.270. The first-order chi connectivity index (χ1) is 26.3. The van der Waals surface area contributed by atoms with Crippen molar-refractivity contribution in [3.05, 3.63) is 64.0 Å². The normalized spacial score (nSPS) is 11.5. The van der Waals surface area contributed by atoms with Crippen LogP contribution in [0.5, 0.6) is 5.75 Å². The van der Waals surface area contributed by atoms with Crippen molar-refractivity contribution in [2.24, 2.45) is 0 Å². The molecule has 4 rings (SSSR count). The number of carbonyl (C=O) groups excluding carboxylic acids is 1. The van der Waals surface area contributed by atoms with Crippen LogP contribution in [-0.4, -0.2) is 135 Å². The van der Waals surface area contributed by atoms with Gasteiger partial charge < -0.3 is 40.4 Å². The molecule has 0 bridgehead atoms. The third kappa shape index (κ3) is 11.1. The van der Waals surface area contributed by atoms with Crippen molar-refractivity contribution in [3.63, 3.8) is 0 Å². The van der Waals surface area contributed by atoms with Crippen molar-refractivity contribution < 1.29 is 63.8 Å². The molecule has 56 heavy (non-hydrogen) atoms. The van der Waals surface area contributed by atoms with Gasteiger partial charge in [-0.2, -0.15) is 0 Å². The number of aromatic carboxylic acids is 1. The maximum atomic E-state index is 13.2. The number of fused-ring (bicyclic) bond motifs is 2. The largest absolute Gasteiger partial charge is 0.871 e. The van der Waals surface area contributed by atoms with Gasteiger partial charge in [0.25, 0.3) is 0 Å². The summed E-state index contributed by atoms with van der Waals surface area (Å²) in [6, 6.07) is 6.88. The number of aliphatic carboxylic acids is 4. The fourth-order valence-corrected chi connectivity index (χ4v) is 8.13. The molecule has 0 unspecified atom stereocenters. The topological polar surface area (TPSA) is 279 Å². The van der Waals surface area contributed by atoms with Gasteiger partial charge in [-0.25, -0.2) is 4.79 Å². The Kier molecular flexibility index (Phi) is 15.1. The van der Waals surface area contributed by atoms with Crippen LogP contribution >= 0.6 is 63.7 Å². The summed E-state index contributed by atoms with van der Waals surface area (Å²) in [5, 5.41) is 63.1. The molecule has 0 saturated heterocycles. The van der Waals surface area contributed by atoms with Crippen molar-refractivity contribution in [1.82, 2.24) is 14.7 Å². The highest BCUT2D eigenvalue weighted by Gasteiger charge is 2.27. The second kappa shape index (κ2) is 19.1. The number of nitrogens with one attached hydrogen (secondary N) is 1. The molecule has 1 aliphatic carbocycles. The number of hydrogen-bond donors (Lipinski definition) is 6. The van der Waals surface area contributed by atoms with Crippen molar-refractivity contribution >= 4 is 116 Å². The van der Waals surface area contributed by atoms with Gasteiger partial charge in [-0.15, -0.1) is 0 Å². The van der Waals surface area contributed by atoms with E-state index in [-0.39, 0.29) is 77.8 Å². The van der Waals surface area contributed by atoms with Crippen LogP contribution in [0.25, 0.3) is 33.4 Å². The van der Waals surface area contributed by atoms with E-state index >= 15 is 0 Å². The number of amides is 1.